The Bertz CT molecular complexity index is 1500. The normalized spacial score (nSPS) is 15.4. The van der Waals surface area contributed by atoms with E-state index >= 15 is 0 Å². The van der Waals surface area contributed by atoms with Gasteiger partial charge in [-0.2, -0.15) is 0 Å². The fourth-order valence-electron chi connectivity index (χ4n) is 4.39. The summed E-state index contributed by atoms with van der Waals surface area (Å²) >= 11 is 0. The first-order chi connectivity index (χ1) is 17.8. The van der Waals surface area contributed by atoms with Gasteiger partial charge in [0.2, 0.25) is 0 Å². The number of anilines is 1. The van der Waals surface area contributed by atoms with Crippen molar-refractivity contribution in [1.29, 1.82) is 0 Å². The van der Waals surface area contributed by atoms with Gasteiger partial charge >= 0.3 is 11.9 Å². The molecule has 1 aliphatic heterocycles. The molecule has 1 heterocycles. The number of nitrogens with zero attached hydrogens (tertiary/aromatic N) is 1. The first-order valence-electron chi connectivity index (χ1n) is 11.4. The molecule has 0 saturated heterocycles. The summed E-state index contributed by atoms with van der Waals surface area (Å²) in [5.74, 6) is -1.56. The van der Waals surface area contributed by atoms with E-state index in [4.69, 9.17) is 14.6 Å². The number of carbonyl (C=O) groups is 4. The molecule has 1 atom stereocenters. The number of carbonyl (C=O) groups excluding carboxylic acids is 4. The standard InChI is InChI=1S/C29H21NO7/c1-16(15-31)28(34)36-20-6-3-18(4-7-20)29(35)37-21-8-10-23-22-9-5-19(30-26(32)11-12-27(30)33)13-24(22)17(2)25(23)14-21/h3-14,17,31H,1,15H2,2H3. The molecule has 0 saturated carbocycles. The van der Waals surface area contributed by atoms with Gasteiger partial charge in [-0.15, -0.1) is 0 Å². The van der Waals surface area contributed by atoms with E-state index in [9.17, 15) is 19.2 Å². The van der Waals surface area contributed by atoms with Crippen molar-refractivity contribution in [1.82, 2.24) is 0 Å². The van der Waals surface area contributed by atoms with E-state index in [-0.39, 0.29) is 34.6 Å². The number of ether oxygens (including phenoxy) is 2. The van der Waals surface area contributed by atoms with Crippen molar-refractivity contribution in [2.24, 2.45) is 0 Å². The number of hydrogen-bond donors (Lipinski definition) is 1. The minimum atomic E-state index is -0.756. The van der Waals surface area contributed by atoms with Crippen molar-refractivity contribution in [3.8, 4) is 22.6 Å². The van der Waals surface area contributed by atoms with Gasteiger partial charge in [-0.1, -0.05) is 25.6 Å². The highest BCUT2D eigenvalue weighted by Crippen LogP contribution is 2.47. The predicted molar refractivity (Wildman–Crippen MR) is 134 cm³/mol. The largest absolute Gasteiger partial charge is 0.423 e. The summed E-state index contributed by atoms with van der Waals surface area (Å²) in [6, 6.07) is 16.7. The van der Waals surface area contributed by atoms with Crippen LogP contribution in [0.25, 0.3) is 11.1 Å². The maximum Gasteiger partial charge on any atom is 0.343 e. The van der Waals surface area contributed by atoms with Crippen molar-refractivity contribution in [3.63, 3.8) is 0 Å². The van der Waals surface area contributed by atoms with Crippen molar-refractivity contribution in [2.45, 2.75) is 12.8 Å². The van der Waals surface area contributed by atoms with Crippen LogP contribution in [-0.4, -0.2) is 35.5 Å². The quantitative estimate of drug-likeness (QED) is 0.239. The van der Waals surface area contributed by atoms with Gasteiger partial charge in [-0.3, -0.25) is 9.59 Å². The summed E-state index contributed by atoms with van der Waals surface area (Å²) in [7, 11) is 0. The zero-order valence-electron chi connectivity index (χ0n) is 19.8. The molecule has 3 aromatic carbocycles. The number of amides is 2. The van der Waals surface area contributed by atoms with Crippen LogP contribution in [0.2, 0.25) is 0 Å². The number of aliphatic hydroxyl groups excluding tert-OH is 1. The average molecular weight is 495 g/mol. The molecular weight excluding hydrogens is 474 g/mol. The van der Waals surface area contributed by atoms with Gasteiger partial charge in [0, 0.05) is 18.1 Å². The van der Waals surface area contributed by atoms with E-state index in [0.29, 0.717) is 11.4 Å². The summed E-state index contributed by atoms with van der Waals surface area (Å²) in [5.41, 5.74) is 4.60. The van der Waals surface area contributed by atoms with E-state index in [1.165, 1.54) is 36.4 Å². The SMILES string of the molecule is C=C(CO)C(=O)Oc1ccc(C(=O)Oc2ccc3c(c2)C(C)c2cc(N4C(=O)C=CC4=O)ccc2-3)cc1. The monoisotopic (exact) mass is 495 g/mol. The van der Waals surface area contributed by atoms with E-state index in [1.54, 1.807) is 12.1 Å². The Kier molecular flexibility index (Phi) is 6.02. The lowest BCUT2D eigenvalue weighted by molar-refractivity contribution is -0.130. The van der Waals surface area contributed by atoms with Crippen LogP contribution in [0.5, 0.6) is 11.5 Å². The molecule has 1 aliphatic carbocycles. The third kappa shape index (κ3) is 4.34. The second-order valence-corrected chi connectivity index (χ2v) is 8.65. The predicted octanol–water partition coefficient (Wildman–Crippen LogP) is 3.92. The van der Waals surface area contributed by atoms with Crippen molar-refractivity contribution in [2.75, 3.05) is 11.5 Å². The lowest BCUT2D eigenvalue weighted by atomic mass is 9.98. The summed E-state index contributed by atoms with van der Waals surface area (Å²) in [6.07, 6.45) is 2.51. The van der Waals surface area contributed by atoms with Crippen molar-refractivity contribution < 1.29 is 33.8 Å². The Balaban J connectivity index is 1.32. The number of imide groups is 1. The maximum atomic E-state index is 12.7. The number of fused-ring (bicyclic) bond motifs is 3. The smallest absolute Gasteiger partial charge is 0.343 e. The van der Waals surface area contributed by atoms with Crippen LogP contribution in [0.1, 0.15) is 34.3 Å². The lowest BCUT2D eigenvalue weighted by Gasteiger charge is -2.16. The van der Waals surface area contributed by atoms with Crippen LogP contribution in [-0.2, 0) is 14.4 Å². The van der Waals surface area contributed by atoms with Gasteiger partial charge in [-0.25, -0.2) is 14.5 Å². The maximum absolute atomic E-state index is 12.7. The van der Waals surface area contributed by atoms with Gasteiger partial charge in [0.25, 0.3) is 11.8 Å². The Morgan fingerprint density at radius 2 is 1.46 bits per heavy atom. The fourth-order valence-corrected chi connectivity index (χ4v) is 4.39. The van der Waals surface area contributed by atoms with E-state index in [1.807, 2.05) is 31.2 Å². The first kappa shape index (κ1) is 23.9. The summed E-state index contributed by atoms with van der Waals surface area (Å²) < 4.78 is 10.7. The molecule has 184 valence electrons. The molecule has 5 rings (SSSR count). The number of hydrogen-bond acceptors (Lipinski definition) is 7. The number of esters is 2. The van der Waals surface area contributed by atoms with Crippen LogP contribution in [0.15, 0.2) is 85.0 Å². The minimum Gasteiger partial charge on any atom is -0.423 e. The van der Waals surface area contributed by atoms with E-state index in [2.05, 4.69) is 6.58 Å². The molecule has 8 heteroatoms. The van der Waals surface area contributed by atoms with Crippen LogP contribution in [0, 0.1) is 0 Å². The van der Waals surface area contributed by atoms with Gasteiger partial charge in [-0.05, 0) is 70.8 Å². The second-order valence-electron chi connectivity index (χ2n) is 8.65. The molecule has 0 spiro atoms. The summed E-state index contributed by atoms with van der Waals surface area (Å²) in [4.78, 5) is 49.7. The zero-order valence-corrected chi connectivity index (χ0v) is 19.8. The average Bonchev–Trinajstić information content (AvgIpc) is 3.38. The Morgan fingerprint density at radius 3 is 2.11 bits per heavy atom. The molecule has 2 aliphatic rings. The molecule has 0 radical (unpaired) electrons. The first-order valence-corrected chi connectivity index (χ1v) is 11.4. The van der Waals surface area contributed by atoms with Crippen LogP contribution < -0.4 is 14.4 Å². The number of aliphatic hydroxyl groups is 1. The molecule has 1 unspecified atom stereocenters. The highest BCUT2D eigenvalue weighted by atomic mass is 16.5. The molecule has 0 bridgehead atoms. The minimum absolute atomic E-state index is 0.0491. The molecule has 37 heavy (non-hydrogen) atoms. The highest BCUT2D eigenvalue weighted by Gasteiger charge is 2.30. The topological polar surface area (TPSA) is 110 Å². The molecule has 0 aromatic heterocycles. The summed E-state index contributed by atoms with van der Waals surface area (Å²) in [6.45, 7) is 4.90. The second kappa shape index (κ2) is 9.33. The van der Waals surface area contributed by atoms with Gasteiger partial charge in [0.1, 0.15) is 11.5 Å². The van der Waals surface area contributed by atoms with E-state index in [0.717, 1.165) is 27.2 Å². The third-order valence-electron chi connectivity index (χ3n) is 6.34. The third-order valence-corrected chi connectivity index (χ3v) is 6.34. The Morgan fingerprint density at radius 1 is 0.865 bits per heavy atom. The summed E-state index contributed by atoms with van der Waals surface area (Å²) in [5, 5.41) is 8.95. The van der Waals surface area contributed by atoms with Gasteiger partial charge in [0.05, 0.1) is 23.4 Å². The van der Waals surface area contributed by atoms with Gasteiger partial charge in [0.15, 0.2) is 0 Å². The molecular formula is C29H21NO7. The lowest BCUT2D eigenvalue weighted by Crippen LogP contribution is -2.29. The molecule has 0 fully saturated rings. The number of rotatable bonds is 6. The van der Waals surface area contributed by atoms with E-state index < -0.39 is 18.5 Å². The van der Waals surface area contributed by atoms with Gasteiger partial charge < -0.3 is 14.6 Å². The zero-order chi connectivity index (χ0) is 26.3. The molecule has 3 aromatic rings. The fraction of sp³-hybridized carbons (Fsp3) is 0.103. The van der Waals surface area contributed by atoms with Crippen LogP contribution >= 0.6 is 0 Å². The molecule has 2 amide bonds. The highest BCUT2D eigenvalue weighted by molar-refractivity contribution is 6.28. The van der Waals surface area contributed by atoms with Crippen molar-refractivity contribution >= 4 is 29.4 Å². The van der Waals surface area contributed by atoms with Crippen LogP contribution in [0.4, 0.5) is 5.69 Å². The molecule has 1 N–H and O–H groups in total. The number of benzene rings is 3. The van der Waals surface area contributed by atoms with Crippen LogP contribution in [0.3, 0.4) is 0 Å². The molecule has 8 nitrogen and oxygen atoms in total. The Labute approximate surface area is 212 Å². The Hall–Kier alpha value is -4.82. The van der Waals surface area contributed by atoms with Crippen molar-refractivity contribution in [3.05, 3.63) is 102 Å².